The zero-order valence-electron chi connectivity index (χ0n) is 11.2. The van der Waals surface area contributed by atoms with Gasteiger partial charge in [0.1, 0.15) is 5.82 Å². The Bertz CT molecular complexity index is 704. The summed E-state index contributed by atoms with van der Waals surface area (Å²) in [5, 5.41) is 0.167. The second kappa shape index (κ2) is 6.45. The molecule has 2 rings (SSSR count). The van der Waals surface area contributed by atoms with Gasteiger partial charge in [-0.3, -0.25) is 4.79 Å². The fraction of sp³-hybridized carbons (Fsp3) is 0.133. The van der Waals surface area contributed by atoms with Crippen LogP contribution in [-0.2, 0) is 0 Å². The molecule has 0 unspecified atom stereocenters. The molecule has 2 aromatic carbocycles. The van der Waals surface area contributed by atoms with E-state index in [9.17, 15) is 9.18 Å². The van der Waals surface area contributed by atoms with E-state index in [1.54, 1.807) is 6.07 Å². The van der Waals surface area contributed by atoms with Gasteiger partial charge in [0.05, 0.1) is 24.8 Å². The maximum atomic E-state index is 13.9. The number of ketones is 1. The fourth-order valence-electron chi connectivity index (χ4n) is 1.85. The van der Waals surface area contributed by atoms with Crippen molar-refractivity contribution in [2.24, 2.45) is 0 Å². The minimum Gasteiger partial charge on any atom is -0.493 e. The van der Waals surface area contributed by atoms with Crippen LogP contribution in [0.3, 0.4) is 0 Å². The van der Waals surface area contributed by atoms with Crippen molar-refractivity contribution in [3.05, 3.63) is 56.8 Å². The van der Waals surface area contributed by atoms with Gasteiger partial charge >= 0.3 is 0 Å². The molecule has 21 heavy (non-hydrogen) atoms. The van der Waals surface area contributed by atoms with Crippen LogP contribution in [0.25, 0.3) is 0 Å². The topological polar surface area (TPSA) is 35.5 Å². The summed E-state index contributed by atoms with van der Waals surface area (Å²) >= 11 is 9.22. The van der Waals surface area contributed by atoms with E-state index in [0.717, 1.165) is 0 Å². The van der Waals surface area contributed by atoms with Crippen molar-refractivity contribution in [1.82, 2.24) is 0 Å². The average Bonchev–Trinajstić information content (AvgIpc) is 2.46. The number of carbonyl (C=O) groups excluding carboxylic acids is 1. The second-order valence-electron chi connectivity index (χ2n) is 4.14. The van der Waals surface area contributed by atoms with E-state index in [4.69, 9.17) is 21.1 Å². The Labute approximate surface area is 134 Å². The van der Waals surface area contributed by atoms with E-state index >= 15 is 0 Å². The van der Waals surface area contributed by atoms with Crippen LogP contribution in [0.2, 0.25) is 5.02 Å². The van der Waals surface area contributed by atoms with Crippen LogP contribution in [0, 0.1) is 5.82 Å². The van der Waals surface area contributed by atoms with E-state index in [-0.39, 0.29) is 16.1 Å². The maximum absolute atomic E-state index is 13.9. The molecule has 0 atom stereocenters. The summed E-state index contributed by atoms with van der Waals surface area (Å²) in [4.78, 5) is 12.4. The quantitative estimate of drug-likeness (QED) is 0.741. The highest BCUT2D eigenvalue weighted by Crippen LogP contribution is 2.34. The Hall–Kier alpha value is -1.59. The Kier molecular flexibility index (Phi) is 4.85. The molecule has 0 saturated heterocycles. The van der Waals surface area contributed by atoms with Gasteiger partial charge in [-0.2, -0.15) is 0 Å². The molecule has 0 spiro atoms. The standard InChI is InChI=1S/C15H11BrClFO3/c1-20-13-6-10(11(17)7-14(13)21-2)15(19)9-4-3-8(16)5-12(9)18/h3-7H,1-2H3. The molecule has 0 N–H and O–H groups in total. The molecule has 0 saturated carbocycles. The summed E-state index contributed by atoms with van der Waals surface area (Å²) in [5.41, 5.74) is 0.0860. The lowest BCUT2D eigenvalue weighted by molar-refractivity contribution is 0.103. The summed E-state index contributed by atoms with van der Waals surface area (Å²) in [6.07, 6.45) is 0. The Morgan fingerprint density at radius 2 is 1.71 bits per heavy atom. The zero-order chi connectivity index (χ0) is 15.6. The number of halogens is 3. The lowest BCUT2D eigenvalue weighted by Crippen LogP contribution is -2.06. The van der Waals surface area contributed by atoms with Gasteiger partial charge in [-0.25, -0.2) is 4.39 Å². The molecule has 2 aromatic rings. The van der Waals surface area contributed by atoms with Crippen LogP contribution >= 0.6 is 27.5 Å². The first-order chi connectivity index (χ1) is 9.97. The zero-order valence-corrected chi connectivity index (χ0v) is 13.6. The molecule has 0 aliphatic rings. The molecule has 0 aliphatic heterocycles. The monoisotopic (exact) mass is 372 g/mol. The van der Waals surface area contributed by atoms with Crippen LogP contribution in [-0.4, -0.2) is 20.0 Å². The summed E-state index contributed by atoms with van der Waals surface area (Å²) in [5.74, 6) is -0.399. The van der Waals surface area contributed by atoms with Gasteiger partial charge in [0, 0.05) is 16.1 Å². The minimum absolute atomic E-state index is 0.0627. The molecule has 6 heteroatoms. The third-order valence-corrected chi connectivity index (χ3v) is 3.70. The van der Waals surface area contributed by atoms with E-state index in [1.807, 2.05) is 0 Å². The predicted molar refractivity (Wildman–Crippen MR) is 82.1 cm³/mol. The summed E-state index contributed by atoms with van der Waals surface area (Å²) < 4.78 is 24.7. The van der Waals surface area contributed by atoms with Crippen LogP contribution in [0.5, 0.6) is 11.5 Å². The number of carbonyl (C=O) groups is 1. The molecule has 0 amide bonds. The fourth-order valence-corrected chi connectivity index (χ4v) is 2.42. The number of methoxy groups -OCH3 is 2. The normalized spacial score (nSPS) is 10.3. The highest BCUT2D eigenvalue weighted by atomic mass is 79.9. The van der Waals surface area contributed by atoms with Gasteiger partial charge in [-0.1, -0.05) is 27.5 Å². The summed E-state index contributed by atoms with van der Waals surface area (Å²) in [6, 6.07) is 7.11. The van der Waals surface area contributed by atoms with E-state index in [1.165, 1.54) is 38.5 Å². The van der Waals surface area contributed by atoms with Crippen molar-refractivity contribution in [1.29, 1.82) is 0 Å². The molecule has 0 aliphatic carbocycles. The van der Waals surface area contributed by atoms with Gasteiger partial charge in [0.2, 0.25) is 0 Å². The third-order valence-electron chi connectivity index (χ3n) is 2.89. The van der Waals surface area contributed by atoms with E-state index in [2.05, 4.69) is 15.9 Å². The largest absolute Gasteiger partial charge is 0.493 e. The smallest absolute Gasteiger partial charge is 0.197 e. The lowest BCUT2D eigenvalue weighted by Gasteiger charge is -2.11. The van der Waals surface area contributed by atoms with Gasteiger partial charge in [0.15, 0.2) is 17.3 Å². The van der Waals surface area contributed by atoms with Crippen molar-refractivity contribution >= 4 is 33.3 Å². The SMILES string of the molecule is COc1cc(Cl)c(C(=O)c2ccc(Br)cc2F)cc1OC. The number of hydrogen-bond acceptors (Lipinski definition) is 3. The molecule has 0 aromatic heterocycles. The van der Waals surface area contributed by atoms with Crippen LogP contribution in [0.1, 0.15) is 15.9 Å². The number of hydrogen-bond donors (Lipinski definition) is 0. The van der Waals surface area contributed by atoms with Crippen molar-refractivity contribution < 1.29 is 18.7 Å². The minimum atomic E-state index is -0.625. The highest BCUT2D eigenvalue weighted by Gasteiger charge is 2.20. The molecule has 3 nitrogen and oxygen atoms in total. The maximum Gasteiger partial charge on any atom is 0.197 e. The first kappa shape index (κ1) is 15.8. The van der Waals surface area contributed by atoms with Crippen molar-refractivity contribution in [2.75, 3.05) is 14.2 Å². The Morgan fingerprint density at radius 3 is 2.29 bits per heavy atom. The van der Waals surface area contributed by atoms with Crippen LogP contribution in [0.15, 0.2) is 34.8 Å². The lowest BCUT2D eigenvalue weighted by atomic mass is 10.0. The van der Waals surface area contributed by atoms with Crippen LogP contribution in [0.4, 0.5) is 4.39 Å². The van der Waals surface area contributed by atoms with E-state index in [0.29, 0.717) is 16.0 Å². The Balaban J connectivity index is 2.53. The van der Waals surface area contributed by atoms with Gasteiger partial charge in [-0.05, 0) is 24.3 Å². The third kappa shape index (κ3) is 3.19. The van der Waals surface area contributed by atoms with Gasteiger partial charge < -0.3 is 9.47 Å². The van der Waals surface area contributed by atoms with Crippen molar-refractivity contribution in [2.45, 2.75) is 0 Å². The molecule has 0 heterocycles. The highest BCUT2D eigenvalue weighted by molar-refractivity contribution is 9.10. The summed E-state index contributed by atoms with van der Waals surface area (Å²) in [6.45, 7) is 0. The molecular formula is C15H11BrClFO3. The average molecular weight is 374 g/mol. The first-order valence-corrected chi connectivity index (χ1v) is 7.06. The van der Waals surface area contributed by atoms with E-state index < -0.39 is 11.6 Å². The van der Waals surface area contributed by atoms with Gasteiger partial charge in [0.25, 0.3) is 0 Å². The molecular weight excluding hydrogens is 363 g/mol. The van der Waals surface area contributed by atoms with Gasteiger partial charge in [-0.15, -0.1) is 0 Å². The second-order valence-corrected chi connectivity index (χ2v) is 5.46. The summed E-state index contributed by atoms with van der Waals surface area (Å²) in [7, 11) is 2.91. The number of rotatable bonds is 4. The Morgan fingerprint density at radius 1 is 1.10 bits per heavy atom. The van der Waals surface area contributed by atoms with Crippen LogP contribution < -0.4 is 9.47 Å². The molecule has 110 valence electrons. The number of benzene rings is 2. The predicted octanol–water partition coefficient (Wildman–Crippen LogP) is 4.49. The first-order valence-electron chi connectivity index (χ1n) is 5.89. The molecule has 0 fully saturated rings. The number of ether oxygens (including phenoxy) is 2. The van der Waals surface area contributed by atoms with Crippen molar-refractivity contribution in [3.8, 4) is 11.5 Å². The van der Waals surface area contributed by atoms with Crippen molar-refractivity contribution in [3.63, 3.8) is 0 Å². The molecule has 0 radical (unpaired) electrons. The molecule has 0 bridgehead atoms.